The average Bonchev–Trinajstić information content (AvgIpc) is 0.989. The Hall–Kier alpha value is -8.03. The van der Waals surface area contributed by atoms with Crippen LogP contribution in [-0.2, 0) is 119 Å². The lowest BCUT2D eigenvalue weighted by Crippen LogP contribution is -2.39. The van der Waals surface area contributed by atoms with Crippen molar-refractivity contribution < 1.29 is 143 Å². The number of unbranched alkanes of at least 4 members (excludes halogenated alkanes) is 5. The molecule has 0 aliphatic carbocycles. The number of ketones is 2. The number of rotatable bonds is 73. The average molecular weight is 2140 g/mol. The van der Waals surface area contributed by atoms with Crippen molar-refractivity contribution in [2.75, 3.05) is 226 Å². The van der Waals surface area contributed by atoms with E-state index in [0.29, 0.717) is 160 Å². The second-order valence-corrected chi connectivity index (χ2v) is 35.7. The fraction of sp³-hybridized carbons (Fsp3) is 0.868. The van der Waals surface area contributed by atoms with Gasteiger partial charge in [0.15, 0.2) is 11.6 Å². The van der Waals surface area contributed by atoms with Gasteiger partial charge in [0.2, 0.25) is 29.5 Å². The molecule has 0 rings (SSSR count). The second kappa shape index (κ2) is 130. The maximum absolute atomic E-state index is 11.5. The SMILES string of the molecule is CCC(=O)NCCOC.CCC(=O)NCCOCC(C)CC.CCC(=O)OC.CCCCCOCC(C)CC.CCNC(=O)CCC(=O)NCCCCCOCC(C)CC.CCNC(=O)CCSCCCOC(COCC(C)CC)COCC(C)CC.CCNC(=O)OCC(C)CC.CCOCC(C)CC.CNC(=O)OCC(COC(=O)NC)OCC(C)=O.COC(=O)NCCCCC(NC(=O)OC)C(C)=O.COC(C)=O. The molecule has 147 heavy (non-hydrogen) atoms. The Labute approximate surface area is 893 Å². The Morgan fingerprint density at radius 2 is 0.694 bits per heavy atom. The second-order valence-electron chi connectivity index (χ2n) is 34.5. The molecule has 876 valence electrons. The molecule has 0 saturated carbocycles. The zero-order valence-electron chi connectivity index (χ0n) is 97.8. The lowest BCUT2D eigenvalue weighted by molar-refractivity contribution is -0.140. The molecule has 8 atom stereocenters. The minimum absolute atomic E-state index is 0.00144. The van der Waals surface area contributed by atoms with E-state index in [2.05, 4.69) is 176 Å². The van der Waals surface area contributed by atoms with E-state index in [9.17, 15) is 67.1 Å². The molecule has 0 aliphatic heterocycles. The van der Waals surface area contributed by atoms with Crippen LogP contribution < -0.4 is 53.2 Å². The molecular weight excluding hydrogens is 1930 g/mol. The Morgan fingerprint density at radius 1 is 0.306 bits per heavy atom. The van der Waals surface area contributed by atoms with Gasteiger partial charge >= 0.3 is 42.4 Å². The number of alkyl carbamates (subject to hydrolysis) is 5. The van der Waals surface area contributed by atoms with Gasteiger partial charge in [-0.15, -0.1) is 0 Å². The van der Waals surface area contributed by atoms with Crippen LogP contribution in [0.5, 0.6) is 0 Å². The fourth-order valence-electron chi connectivity index (χ4n) is 9.23. The first kappa shape index (κ1) is 162. The quantitative estimate of drug-likeness (QED) is 0.0154. The molecule has 8 unspecified atom stereocenters. The predicted molar refractivity (Wildman–Crippen MR) is 585 cm³/mol. The number of amides is 10. The van der Waals surface area contributed by atoms with Crippen LogP contribution in [0.1, 0.15) is 321 Å². The van der Waals surface area contributed by atoms with Gasteiger partial charge in [-0.05, 0) is 140 Å². The summed E-state index contributed by atoms with van der Waals surface area (Å²) in [5, 5.41) is 25.8. The third-order valence-corrected chi connectivity index (χ3v) is 21.5. The van der Waals surface area contributed by atoms with E-state index in [4.69, 9.17) is 56.8 Å². The third-order valence-electron chi connectivity index (χ3n) is 20.4. The van der Waals surface area contributed by atoms with E-state index in [1.54, 1.807) is 25.8 Å². The summed E-state index contributed by atoms with van der Waals surface area (Å²) in [7, 11) is 9.70. The number of nitrogens with one attached hydrogen (secondary N) is 10. The van der Waals surface area contributed by atoms with Crippen LogP contribution in [-0.4, -0.2) is 328 Å². The van der Waals surface area contributed by atoms with Crippen molar-refractivity contribution in [2.45, 2.75) is 339 Å². The molecular formula is C106H216N10O30S. The molecule has 10 amide bonds. The van der Waals surface area contributed by atoms with Crippen LogP contribution in [0.15, 0.2) is 0 Å². The van der Waals surface area contributed by atoms with Crippen molar-refractivity contribution in [1.29, 1.82) is 0 Å². The molecule has 0 bridgehead atoms. The highest BCUT2D eigenvalue weighted by molar-refractivity contribution is 7.99. The summed E-state index contributed by atoms with van der Waals surface area (Å²) in [6.45, 7) is 65.1. The van der Waals surface area contributed by atoms with Gasteiger partial charge in [-0.3, -0.25) is 43.2 Å². The number of carbonyl (C=O) groups is 14. The summed E-state index contributed by atoms with van der Waals surface area (Å²) in [6.07, 6.45) is 17.1. The summed E-state index contributed by atoms with van der Waals surface area (Å²) < 4.78 is 80.7. The van der Waals surface area contributed by atoms with Crippen molar-refractivity contribution in [3.05, 3.63) is 0 Å². The highest BCUT2D eigenvalue weighted by atomic mass is 32.2. The topological polar surface area (TPSA) is 507 Å². The zero-order valence-corrected chi connectivity index (χ0v) is 98.6. The summed E-state index contributed by atoms with van der Waals surface area (Å²) in [5.41, 5.74) is 0. The first-order valence-electron chi connectivity index (χ1n) is 53.5. The zero-order chi connectivity index (χ0) is 114. The van der Waals surface area contributed by atoms with Crippen LogP contribution in [0.4, 0.5) is 24.0 Å². The van der Waals surface area contributed by atoms with Crippen LogP contribution in [0, 0.1) is 41.4 Å². The maximum Gasteiger partial charge on any atom is 0.407 e. The van der Waals surface area contributed by atoms with Gasteiger partial charge in [-0.1, -0.05) is 182 Å². The number of carbonyl (C=O) groups excluding carboxylic acids is 14. The van der Waals surface area contributed by atoms with Gasteiger partial charge in [0.1, 0.15) is 32.0 Å². The van der Waals surface area contributed by atoms with E-state index in [1.807, 2.05) is 41.5 Å². The van der Waals surface area contributed by atoms with Crippen molar-refractivity contribution in [2.24, 2.45) is 41.4 Å². The summed E-state index contributed by atoms with van der Waals surface area (Å²) in [6, 6.07) is -0.546. The van der Waals surface area contributed by atoms with Crippen molar-refractivity contribution in [3.8, 4) is 0 Å². The lowest BCUT2D eigenvalue weighted by Gasteiger charge is -2.20. The maximum atomic E-state index is 11.5. The molecule has 0 radical (unpaired) electrons. The molecule has 0 spiro atoms. The number of esters is 2. The van der Waals surface area contributed by atoms with E-state index >= 15 is 0 Å². The molecule has 0 saturated heterocycles. The highest BCUT2D eigenvalue weighted by Gasteiger charge is 2.20. The fourth-order valence-corrected chi connectivity index (χ4v) is 10.1. The number of hydrogen-bond donors (Lipinski definition) is 10. The summed E-state index contributed by atoms with van der Waals surface area (Å²) in [4.78, 5) is 151. The Kier molecular flexibility index (Phi) is 143. The lowest BCUT2D eigenvalue weighted by atomic mass is 10.1. The van der Waals surface area contributed by atoms with Gasteiger partial charge in [0, 0.05) is 184 Å². The van der Waals surface area contributed by atoms with Crippen molar-refractivity contribution in [1.82, 2.24) is 53.2 Å². The Balaban J connectivity index is -0.000000158. The third kappa shape index (κ3) is 149. The standard InChI is InChI=1S/C21H43NO4S.C16H32N2O3.C11H20N2O5.C10H18N2O6.C10H21NO2.C10H22O.C8H17NO2.C7H16O.C6H13NO2.C4H8O2.C3H6O2/c1-6-18(4)14-24-16-20(17-25-15-19(5)7-2)26-11-9-12-27-13-10-21(23)22-8-3;1-4-14(3)13-21-12-8-6-7-11-18-16(20)10-9-15(19)17-5-2;1-8(14)9(13-11(16)18-3)6-4-5-7-12-10(15)17-2;1-7(13)4-16-8(5-17-9(14)11-2)6-18-10(15)12-3;1-4-9(3)8-13-7-6-11-10(12)5-2;1-4-6-7-8-11-9-10(3)5-2;1-4-7(3)6-11-8(10)9-5-2;1-4-7(3)6-8-5-2;1-3-6(8)7-4-5-9-2;1-3-4(5)6-2;1-3(4)5-2/h18-20H,6-17H2,1-5H3,(H,22,23);14H,4-13H2,1-3H3,(H,17,19)(H,18,20);9H,4-7H2,1-3H3,(H,12,15)(H,13,16);8H,4-6H2,1-3H3,(H,11,14)(H,12,15);9H,4-8H2,1-3H3,(H,11,12);10H,4-9H2,1-3H3;7H,4-6H2,1-3H3,(H,9,10);7H,4-6H2,1-3H3;3-5H2,1-2H3,(H,7,8);3H2,1-2H3;1-2H3. The predicted octanol–water partition coefficient (Wildman–Crippen LogP) is 16.5. The van der Waals surface area contributed by atoms with Crippen molar-refractivity contribution >= 4 is 95.3 Å². The Bertz CT molecular complexity index is 2960. The van der Waals surface area contributed by atoms with Crippen LogP contribution >= 0.6 is 11.8 Å². The molecule has 0 aromatic heterocycles. The number of hydrogen-bond acceptors (Lipinski definition) is 31. The number of methoxy groups -OCH3 is 5. The van der Waals surface area contributed by atoms with Gasteiger partial charge in [-0.25, -0.2) is 24.0 Å². The highest BCUT2D eigenvalue weighted by Crippen LogP contribution is 2.12. The van der Waals surface area contributed by atoms with Gasteiger partial charge < -0.3 is 129 Å². The van der Waals surface area contributed by atoms with Crippen LogP contribution in [0.2, 0.25) is 0 Å². The van der Waals surface area contributed by atoms with E-state index in [0.717, 1.165) is 141 Å². The minimum Gasteiger partial charge on any atom is -0.469 e. The molecule has 0 aliphatic rings. The minimum atomic E-state index is -0.691. The van der Waals surface area contributed by atoms with Crippen LogP contribution in [0.25, 0.3) is 0 Å². The van der Waals surface area contributed by atoms with E-state index in [-0.39, 0.29) is 97.9 Å². The van der Waals surface area contributed by atoms with E-state index < -0.39 is 36.5 Å². The van der Waals surface area contributed by atoms with Gasteiger partial charge in [0.05, 0.1) is 67.5 Å². The Morgan fingerprint density at radius 3 is 1.07 bits per heavy atom. The van der Waals surface area contributed by atoms with Crippen molar-refractivity contribution in [3.63, 3.8) is 0 Å². The molecule has 40 nitrogen and oxygen atoms in total. The van der Waals surface area contributed by atoms with Gasteiger partial charge in [0.25, 0.3) is 0 Å². The van der Waals surface area contributed by atoms with Crippen LogP contribution in [0.3, 0.4) is 0 Å². The first-order chi connectivity index (χ1) is 70.0. The molecule has 41 heteroatoms. The smallest absolute Gasteiger partial charge is 0.407 e. The molecule has 10 N–H and O–H groups in total. The molecule has 0 fully saturated rings. The molecule has 0 heterocycles. The molecule has 0 aromatic rings. The number of thioether (sulfide) groups is 1. The largest absolute Gasteiger partial charge is 0.469 e. The first-order valence-corrected chi connectivity index (χ1v) is 54.7. The summed E-state index contributed by atoms with van der Waals surface area (Å²) in [5.74, 6) is 5.68. The van der Waals surface area contributed by atoms with E-state index in [1.165, 1.54) is 95.4 Å². The molecule has 0 aromatic carbocycles. The van der Waals surface area contributed by atoms with Gasteiger partial charge in [-0.2, -0.15) is 11.8 Å². The normalized spacial score (nSPS) is 11.9. The monoisotopic (exact) mass is 2140 g/mol. The number of ether oxygens (including phenoxy) is 16. The summed E-state index contributed by atoms with van der Waals surface area (Å²) >= 11 is 1.81. The number of Topliss-reactive ketones (excluding diaryl/α,β-unsaturated/α-hetero) is 2.